The second kappa shape index (κ2) is 7.10. The van der Waals surface area contributed by atoms with Gasteiger partial charge < -0.3 is 5.32 Å². The molecule has 0 saturated heterocycles. The third kappa shape index (κ3) is 4.10. The van der Waals surface area contributed by atoms with E-state index in [1.165, 1.54) is 12.1 Å². The van der Waals surface area contributed by atoms with E-state index in [0.29, 0.717) is 6.54 Å². The van der Waals surface area contributed by atoms with Gasteiger partial charge in [-0.1, -0.05) is 22.0 Å². The zero-order valence-corrected chi connectivity index (χ0v) is 11.7. The van der Waals surface area contributed by atoms with Crippen molar-refractivity contribution in [2.75, 3.05) is 11.9 Å². The van der Waals surface area contributed by atoms with Crippen LogP contribution in [0.2, 0.25) is 0 Å². The van der Waals surface area contributed by atoms with Gasteiger partial charge in [0.1, 0.15) is 5.56 Å². The van der Waals surface area contributed by atoms with Crippen LogP contribution in [0.25, 0.3) is 0 Å². The number of carbonyl (C=O) groups is 1. The minimum absolute atomic E-state index is 0.124. The van der Waals surface area contributed by atoms with E-state index in [-0.39, 0.29) is 17.2 Å². The highest BCUT2D eigenvalue weighted by molar-refractivity contribution is 9.09. The number of aryl methyl sites for hydroxylation is 1. The average molecular weight is 315 g/mol. The van der Waals surface area contributed by atoms with Crippen molar-refractivity contribution in [3.05, 3.63) is 39.4 Å². The molecule has 1 amide bonds. The van der Waals surface area contributed by atoms with Crippen LogP contribution in [0, 0.1) is 17.0 Å². The summed E-state index contributed by atoms with van der Waals surface area (Å²) < 4.78 is 0. The minimum atomic E-state index is -0.535. The number of halogens is 1. The maximum absolute atomic E-state index is 11.9. The van der Waals surface area contributed by atoms with Gasteiger partial charge in [0, 0.05) is 17.9 Å². The summed E-state index contributed by atoms with van der Waals surface area (Å²) in [6.07, 6.45) is 1.80. The zero-order chi connectivity index (χ0) is 13.5. The molecule has 1 rings (SSSR count). The van der Waals surface area contributed by atoms with Crippen molar-refractivity contribution in [2.45, 2.75) is 19.8 Å². The zero-order valence-electron chi connectivity index (χ0n) is 10.1. The molecule has 1 aromatic carbocycles. The SMILES string of the molecule is Cc1ccc([N+](=O)[O-])c(C(=O)NCCCCBr)c1. The van der Waals surface area contributed by atoms with Crippen molar-refractivity contribution in [1.82, 2.24) is 5.32 Å². The first kappa shape index (κ1) is 14.6. The maximum atomic E-state index is 11.9. The smallest absolute Gasteiger partial charge is 0.282 e. The average Bonchev–Trinajstić information content (AvgIpc) is 2.34. The topological polar surface area (TPSA) is 72.2 Å². The number of carbonyl (C=O) groups excluding carboxylic acids is 1. The maximum Gasteiger partial charge on any atom is 0.282 e. The highest BCUT2D eigenvalue weighted by atomic mass is 79.9. The van der Waals surface area contributed by atoms with Crippen molar-refractivity contribution in [2.24, 2.45) is 0 Å². The first-order valence-electron chi connectivity index (χ1n) is 5.65. The van der Waals surface area contributed by atoms with E-state index >= 15 is 0 Å². The van der Waals surface area contributed by atoms with Crippen LogP contribution in [0.1, 0.15) is 28.8 Å². The lowest BCUT2D eigenvalue weighted by Gasteiger charge is -2.06. The van der Waals surface area contributed by atoms with Crippen LogP contribution in [0.15, 0.2) is 18.2 Å². The molecule has 0 spiro atoms. The summed E-state index contributed by atoms with van der Waals surface area (Å²) in [6.45, 7) is 2.32. The molecule has 6 heteroatoms. The molecule has 0 aliphatic rings. The quantitative estimate of drug-likeness (QED) is 0.380. The summed E-state index contributed by atoms with van der Waals surface area (Å²) in [6, 6.07) is 4.53. The first-order valence-corrected chi connectivity index (χ1v) is 6.77. The highest BCUT2D eigenvalue weighted by Gasteiger charge is 2.19. The summed E-state index contributed by atoms with van der Waals surface area (Å²) in [5.74, 6) is -0.389. The van der Waals surface area contributed by atoms with Crippen molar-refractivity contribution >= 4 is 27.5 Å². The van der Waals surface area contributed by atoms with E-state index < -0.39 is 4.92 Å². The monoisotopic (exact) mass is 314 g/mol. The van der Waals surface area contributed by atoms with E-state index in [0.717, 1.165) is 23.7 Å². The molecule has 0 atom stereocenters. The minimum Gasteiger partial charge on any atom is -0.352 e. The van der Waals surface area contributed by atoms with E-state index in [9.17, 15) is 14.9 Å². The Bertz CT molecular complexity index is 449. The van der Waals surface area contributed by atoms with Crippen molar-refractivity contribution < 1.29 is 9.72 Å². The summed E-state index contributed by atoms with van der Waals surface area (Å²) >= 11 is 3.30. The fourth-order valence-corrected chi connectivity index (χ4v) is 1.90. The second-order valence-corrected chi connectivity index (χ2v) is 4.72. The number of alkyl halides is 1. The van der Waals surface area contributed by atoms with Gasteiger partial charge in [0.15, 0.2) is 0 Å². The summed E-state index contributed by atoms with van der Waals surface area (Å²) in [5, 5.41) is 14.4. The third-order valence-electron chi connectivity index (χ3n) is 2.44. The Morgan fingerprint density at radius 1 is 1.44 bits per heavy atom. The summed E-state index contributed by atoms with van der Waals surface area (Å²) in [4.78, 5) is 22.2. The van der Waals surface area contributed by atoms with Gasteiger partial charge in [-0.05, 0) is 31.4 Å². The van der Waals surface area contributed by atoms with Crippen LogP contribution in [-0.2, 0) is 0 Å². The van der Waals surface area contributed by atoms with E-state index in [1.54, 1.807) is 13.0 Å². The van der Waals surface area contributed by atoms with Gasteiger partial charge >= 0.3 is 0 Å². The standard InChI is InChI=1S/C12H15BrN2O3/c1-9-4-5-11(15(17)18)10(8-9)12(16)14-7-3-2-6-13/h4-5,8H,2-3,6-7H2,1H3,(H,14,16). The number of nitrogens with zero attached hydrogens (tertiary/aromatic N) is 1. The normalized spacial score (nSPS) is 10.1. The van der Waals surface area contributed by atoms with Crippen molar-refractivity contribution in [3.63, 3.8) is 0 Å². The van der Waals surface area contributed by atoms with Gasteiger partial charge in [-0.15, -0.1) is 0 Å². The van der Waals surface area contributed by atoms with E-state index in [1.807, 2.05) is 0 Å². The number of hydrogen-bond acceptors (Lipinski definition) is 3. The molecule has 0 fully saturated rings. The van der Waals surface area contributed by atoms with E-state index in [4.69, 9.17) is 0 Å². The molecular weight excluding hydrogens is 300 g/mol. The summed E-state index contributed by atoms with van der Waals surface area (Å²) in [5.41, 5.74) is 0.795. The molecule has 0 bridgehead atoms. The van der Waals surface area contributed by atoms with Crippen LogP contribution < -0.4 is 5.32 Å². The predicted octanol–water partition coefficient (Wildman–Crippen LogP) is 2.81. The Labute approximate surface area is 114 Å². The number of nitro benzene ring substituents is 1. The van der Waals surface area contributed by atoms with Crippen LogP contribution in [0.4, 0.5) is 5.69 Å². The Morgan fingerprint density at radius 3 is 2.78 bits per heavy atom. The van der Waals surface area contributed by atoms with Crippen LogP contribution in [0.5, 0.6) is 0 Å². The molecule has 0 heterocycles. The summed E-state index contributed by atoms with van der Waals surface area (Å²) in [7, 11) is 0. The van der Waals surface area contributed by atoms with Gasteiger partial charge in [-0.25, -0.2) is 0 Å². The molecule has 0 saturated carbocycles. The number of amides is 1. The van der Waals surface area contributed by atoms with Crippen LogP contribution in [-0.4, -0.2) is 22.7 Å². The molecule has 0 unspecified atom stereocenters. The van der Waals surface area contributed by atoms with Gasteiger partial charge in [-0.2, -0.15) is 0 Å². The molecule has 1 N–H and O–H groups in total. The van der Waals surface area contributed by atoms with Gasteiger partial charge in [0.05, 0.1) is 4.92 Å². The largest absolute Gasteiger partial charge is 0.352 e. The van der Waals surface area contributed by atoms with Crippen LogP contribution >= 0.6 is 15.9 Å². The molecule has 18 heavy (non-hydrogen) atoms. The molecule has 5 nitrogen and oxygen atoms in total. The lowest BCUT2D eigenvalue weighted by molar-refractivity contribution is -0.385. The molecule has 0 aliphatic carbocycles. The molecule has 98 valence electrons. The Morgan fingerprint density at radius 2 is 2.17 bits per heavy atom. The molecule has 0 radical (unpaired) electrons. The highest BCUT2D eigenvalue weighted by Crippen LogP contribution is 2.19. The Kier molecular flexibility index (Phi) is 5.77. The first-order chi connectivity index (χ1) is 8.56. The number of nitro groups is 1. The molecule has 1 aromatic rings. The molecular formula is C12H15BrN2O3. The Balaban J connectivity index is 2.77. The van der Waals surface area contributed by atoms with Gasteiger partial charge in [0.2, 0.25) is 0 Å². The number of nitrogens with one attached hydrogen (secondary N) is 1. The number of benzene rings is 1. The molecule has 0 aliphatic heterocycles. The van der Waals surface area contributed by atoms with Crippen molar-refractivity contribution in [1.29, 1.82) is 0 Å². The number of unbranched alkanes of at least 4 members (excludes halogenated alkanes) is 1. The van der Waals surface area contributed by atoms with Gasteiger partial charge in [0.25, 0.3) is 11.6 Å². The van der Waals surface area contributed by atoms with Crippen molar-refractivity contribution in [3.8, 4) is 0 Å². The second-order valence-electron chi connectivity index (χ2n) is 3.93. The fourth-order valence-electron chi connectivity index (χ4n) is 1.51. The molecule has 0 aromatic heterocycles. The third-order valence-corrected chi connectivity index (χ3v) is 3.00. The number of hydrogen-bond donors (Lipinski definition) is 1. The Hall–Kier alpha value is -1.43. The van der Waals surface area contributed by atoms with Gasteiger partial charge in [-0.3, -0.25) is 14.9 Å². The lowest BCUT2D eigenvalue weighted by atomic mass is 10.1. The number of rotatable bonds is 6. The fraction of sp³-hybridized carbons (Fsp3) is 0.417. The predicted molar refractivity (Wildman–Crippen MR) is 73.2 cm³/mol. The lowest BCUT2D eigenvalue weighted by Crippen LogP contribution is -2.25. The van der Waals surface area contributed by atoms with E-state index in [2.05, 4.69) is 21.2 Å². The van der Waals surface area contributed by atoms with Crippen LogP contribution in [0.3, 0.4) is 0 Å².